The number of methoxy groups -OCH3 is 1. The highest BCUT2D eigenvalue weighted by atomic mass is 32.2. The first kappa shape index (κ1) is 16.8. The number of anilines is 2. The molecule has 3 aromatic rings. The fourth-order valence-electron chi connectivity index (χ4n) is 3.51. The van der Waals surface area contributed by atoms with Gasteiger partial charge in [-0.15, -0.1) is 0 Å². The van der Waals surface area contributed by atoms with E-state index in [1.165, 1.54) is 6.26 Å². The fraction of sp³-hybridized carbons (Fsp3) is 0.263. The van der Waals surface area contributed by atoms with Gasteiger partial charge in [-0.25, -0.2) is 8.42 Å². The van der Waals surface area contributed by atoms with Crippen molar-refractivity contribution in [2.45, 2.75) is 11.1 Å². The van der Waals surface area contributed by atoms with Gasteiger partial charge in [0, 0.05) is 31.8 Å². The summed E-state index contributed by atoms with van der Waals surface area (Å²) in [5.41, 5.74) is 2.58. The maximum atomic E-state index is 11.9. The second-order valence-corrected chi connectivity index (χ2v) is 8.59. The molecule has 4 rings (SSSR count). The predicted octanol–water partition coefficient (Wildman–Crippen LogP) is 3.43. The average Bonchev–Trinajstić information content (AvgIpc) is 3.12. The Morgan fingerprint density at radius 1 is 1.00 bits per heavy atom. The predicted molar refractivity (Wildman–Crippen MR) is 102 cm³/mol. The van der Waals surface area contributed by atoms with Gasteiger partial charge in [-0.1, -0.05) is 0 Å². The molecule has 0 unspecified atom stereocenters. The van der Waals surface area contributed by atoms with E-state index in [1.54, 1.807) is 19.2 Å². The summed E-state index contributed by atoms with van der Waals surface area (Å²) in [6.07, 6.45) is 1.07. The Balaban J connectivity index is 1.78. The first-order valence-corrected chi connectivity index (χ1v) is 10.1. The van der Waals surface area contributed by atoms with Crippen molar-refractivity contribution in [3.63, 3.8) is 0 Å². The zero-order valence-corrected chi connectivity index (χ0v) is 15.9. The van der Waals surface area contributed by atoms with E-state index in [4.69, 9.17) is 9.15 Å². The van der Waals surface area contributed by atoms with Gasteiger partial charge in [0.25, 0.3) is 0 Å². The molecule has 0 amide bonds. The highest BCUT2D eigenvalue weighted by molar-refractivity contribution is 7.90. The van der Waals surface area contributed by atoms with Gasteiger partial charge in [-0.3, -0.25) is 0 Å². The zero-order chi connectivity index (χ0) is 18.6. The molecule has 1 aliphatic rings. The normalized spacial score (nSPS) is 17.0. The summed E-state index contributed by atoms with van der Waals surface area (Å²) >= 11 is 0. The third-order valence-electron chi connectivity index (χ3n) is 4.87. The van der Waals surface area contributed by atoms with Crippen LogP contribution >= 0.6 is 0 Å². The third kappa shape index (κ3) is 2.50. The number of nitrogens with zero attached hydrogens (tertiary/aromatic N) is 2. The van der Waals surface area contributed by atoms with Gasteiger partial charge in [0.05, 0.1) is 23.4 Å². The van der Waals surface area contributed by atoms with Crippen molar-refractivity contribution < 1.29 is 17.6 Å². The summed E-state index contributed by atoms with van der Waals surface area (Å²) in [5.74, 6) is 1.53. The van der Waals surface area contributed by atoms with E-state index in [1.807, 2.05) is 49.3 Å². The molecule has 0 fully saturated rings. The van der Waals surface area contributed by atoms with E-state index in [-0.39, 0.29) is 6.17 Å². The summed E-state index contributed by atoms with van der Waals surface area (Å²) in [6, 6.07) is 12.9. The largest absolute Gasteiger partial charge is 0.497 e. The molecule has 7 heteroatoms. The monoisotopic (exact) mass is 372 g/mol. The molecule has 26 heavy (non-hydrogen) atoms. The topological polar surface area (TPSA) is 63.0 Å². The second kappa shape index (κ2) is 5.67. The number of rotatable bonds is 3. The van der Waals surface area contributed by atoms with Gasteiger partial charge in [-0.05, 0) is 36.4 Å². The van der Waals surface area contributed by atoms with Gasteiger partial charge in [-0.2, -0.15) is 0 Å². The lowest BCUT2D eigenvalue weighted by Crippen LogP contribution is -2.30. The van der Waals surface area contributed by atoms with Crippen LogP contribution in [-0.4, -0.2) is 35.9 Å². The van der Waals surface area contributed by atoms with Crippen molar-refractivity contribution in [2.24, 2.45) is 0 Å². The first-order chi connectivity index (χ1) is 12.3. The Labute approximate surface area is 152 Å². The Morgan fingerprint density at radius 3 is 2.42 bits per heavy atom. The van der Waals surface area contributed by atoms with Crippen LogP contribution in [0.2, 0.25) is 0 Å². The fourth-order valence-corrected chi connectivity index (χ4v) is 4.15. The van der Waals surface area contributed by atoms with Crippen LogP contribution in [0.4, 0.5) is 11.4 Å². The van der Waals surface area contributed by atoms with Crippen LogP contribution < -0.4 is 14.5 Å². The zero-order valence-electron chi connectivity index (χ0n) is 15.1. The molecular formula is C19H20N2O4S. The minimum atomic E-state index is -3.26. The van der Waals surface area contributed by atoms with Gasteiger partial charge < -0.3 is 19.0 Å². The molecule has 6 nitrogen and oxygen atoms in total. The lowest BCUT2D eigenvalue weighted by Gasteiger charge is -2.25. The molecule has 0 spiro atoms. The maximum absolute atomic E-state index is 11.9. The van der Waals surface area contributed by atoms with Gasteiger partial charge in [0.15, 0.2) is 16.0 Å². The highest BCUT2D eigenvalue weighted by Gasteiger charge is 2.35. The first-order valence-electron chi connectivity index (χ1n) is 8.17. The molecule has 2 aromatic carbocycles. The molecule has 1 aliphatic heterocycles. The van der Waals surface area contributed by atoms with Crippen LogP contribution in [0.3, 0.4) is 0 Å². The number of ether oxygens (including phenoxy) is 1. The summed E-state index contributed by atoms with van der Waals surface area (Å²) in [4.78, 5) is 4.42. The molecule has 0 saturated carbocycles. The number of fused-ring (bicyclic) bond motifs is 2. The molecule has 0 radical (unpaired) electrons. The highest BCUT2D eigenvalue weighted by Crippen LogP contribution is 2.46. The third-order valence-corrected chi connectivity index (χ3v) is 5.98. The van der Waals surface area contributed by atoms with Gasteiger partial charge in [0.1, 0.15) is 17.1 Å². The minimum Gasteiger partial charge on any atom is -0.497 e. The number of furan rings is 1. The molecule has 0 N–H and O–H groups in total. The lowest BCUT2D eigenvalue weighted by atomic mass is 10.2. The van der Waals surface area contributed by atoms with Crippen molar-refractivity contribution in [1.29, 1.82) is 0 Å². The number of benzene rings is 2. The SMILES string of the molecule is COc1ccc2cc([C@@H]3N(C)c4ccc(S(C)(=O)=O)cc4N3C)oc2c1. The Hall–Kier alpha value is -2.67. The standard InChI is InChI=1S/C19H20N2O4S/c1-20-15-8-7-14(26(4,22)23)11-16(15)21(2)19(20)18-9-12-5-6-13(24-3)10-17(12)25-18/h5-11,19H,1-4H3/t19-/m1/s1. The maximum Gasteiger partial charge on any atom is 0.175 e. The Bertz CT molecular complexity index is 1100. The number of sulfone groups is 1. The van der Waals surface area contributed by atoms with E-state index in [0.717, 1.165) is 33.9 Å². The molecule has 1 aromatic heterocycles. The average molecular weight is 372 g/mol. The van der Waals surface area contributed by atoms with Crippen LogP contribution in [-0.2, 0) is 9.84 Å². The number of hydrogen-bond acceptors (Lipinski definition) is 6. The van der Waals surface area contributed by atoms with E-state index in [2.05, 4.69) is 4.90 Å². The van der Waals surface area contributed by atoms with Crippen LogP contribution in [0.15, 0.2) is 51.8 Å². The molecule has 136 valence electrons. The van der Waals surface area contributed by atoms with Gasteiger partial charge in [0.2, 0.25) is 0 Å². The van der Waals surface area contributed by atoms with E-state index in [9.17, 15) is 8.42 Å². The molecule has 0 bridgehead atoms. The van der Waals surface area contributed by atoms with Crippen LogP contribution in [0.25, 0.3) is 11.0 Å². The second-order valence-electron chi connectivity index (χ2n) is 6.57. The van der Waals surface area contributed by atoms with Crippen molar-refractivity contribution >= 4 is 32.2 Å². The van der Waals surface area contributed by atoms with Gasteiger partial charge >= 0.3 is 0 Å². The van der Waals surface area contributed by atoms with E-state index in [0.29, 0.717) is 4.90 Å². The van der Waals surface area contributed by atoms with Crippen molar-refractivity contribution in [3.05, 3.63) is 48.2 Å². The lowest BCUT2D eigenvalue weighted by molar-refractivity contribution is 0.414. The quantitative estimate of drug-likeness (QED) is 0.702. The summed E-state index contributed by atoms with van der Waals surface area (Å²) < 4.78 is 35.1. The van der Waals surface area contributed by atoms with Crippen LogP contribution in [0.1, 0.15) is 11.9 Å². The molecule has 2 heterocycles. The van der Waals surface area contributed by atoms with Crippen molar-refractivity contribution in [3.8, 4) is 5.75 Å². The van der Waals surface area contributed by atoms with E-state index >= 15 is 0 Å². The van der Waals surface area contributed by atoms with Crippen LogP contribution in [0.5, 0.6) is 5.75 Å². The molecule has 0 aliphatic carbocycles. The van der Waals surface area contributed by atoms with Crippen molar-refractivity contribution in [1.82, 2.24) is 0 Å². The van der Waals surface area contributed by atoms with Crippen LogP contribution in [0, 0.1) is 0 Å². The van der Waals surface area contributed by atoms with E-state index < -0.39 is 9.84 Å². The summed E-state index contributed by atoms with van der Waals surface area (Å²) in [7, 11) is 2.28. The minimum absolute atomic E-state index is 0.154. The smallest absolute Gasteiger partial charge is 0.175 e. The molecule has 0 saturated heterocycles. The summed E-state index contributed by atoms with van der Waals surface area (Å²) in [5, 5.41) is 0.996. The Kier molecular flexibility index (Phi) is 3.66. The molecule has 1 atom stereocenters. The summed E-state index contributed by atoms with van der Waals surface area (Å²) in [6.45, 7) is 0. The Morgan fingerprint density at radius 2 is 1.73 bits per heavy atom. The van der Waals surface area contributed by atoms with Crippen molar-refractivity contribution in [2.75, 3.05) is 37.3 Å². The number of hydrogen-bond donors (Lipinski definition) is 0. The molecular weight excluding hydrogens is 352 g/mol.